The van der Waals surface area contributed by atoms with Crippen molar-refractivity contribution in [1.29, 1.82) is 0 Å². The number of hydrogen-bond acceptors (Lipinski definition) is 3. The van der Waals surface area contributed by atoms with Gasteiger partial charge in [-0.3, -0.25) is 0 Å². The van der Waals surface area contributed by atoms with Crippen LogP contribution < -0.4 is 4.74 Å². The molecule has 17 heavy (non-hydrogen) atoms. The second kappa shape index (κ2) is 4.81. The van der Waals surface area contributed by atoms with Crippen molar-refractivity contribution in [2.45, 2.75) is 57.3 Å². The van der Waals surface area contributed by atoms with E-state index in [0.29, 0.717) is 5.75 Å². The lowest BCUT2D eigenvalue weighted by Gasteiger charge is -2.12. The number of thioether (sulfide) groups is 1. The third kappa shape index (κ3) is 2.13. The Morgan fingerprint density at radius 1 is 1.18 bits per heavy atom. The minimum Gasteiger partial charge on any atom is -0.507 e. The summed E-state index contributed by atoms with van der Waals surface area (Å²) in [5.41, 5.74) is 3.21. The van der Waals surface area contributed by atoms with Gasteiger partial charge in [0, 0.05) is 5.56 Å². The highest BCUT2D eigenvalue weighted by Gasteiger charge is 2.29. The van der Waals surface area contributed by atoms with Crippen LogP contribution in [-0.2, 0) is 0 Å². The van der Waals surface area contributed by atoms with Crippen LogP contribution in [-0.4, -0.2) is 10.5 Å². The van der Waals surface area contributed by atoms with Crippen LogP contribution in [0.3, 0.4) is 0 Å². The summed E-state index contributed by atoms with van der Waals surface area (Å²) in [6.07, 6.45) is 3.46. The monoisotopic (exact) mass is 252 g/mol. The average Bonchev–Trinajstić information content (AvgIpc) is 2.75. The number of hydrogen-bond donors (Lipinski definition) is 1. The van der Waals surface area contributed by atoms with Gasteiger partial charge in [-0.15, -0.1) is 0 Å². The van der Waals surface area contributed by atoms with Gasteiger partial charge in [0.2, 0.25) is 0 Å². The lowest BCUT2D eigenvalue weighted by Crippen LogP contribution is -2.06. The quantitative estimate of drug-likeness (QED) is 0.868. The predicted molar refractivity (Wildman–Crippen MR) is 72.1 cm³/mol. The van der Waals surface area contributed by atoms with Gasteiger partial charge in [-0.2, -0.15) is 0 Å². The van der Waals surface area contributed by atoms with Crippen molar-refractivity contribution in [3.8, 4) is 11.5 Å². The number of rotatable bonds is 3. The molecular weight excluding hydrogens is 232 g/mol. The molecule has 2 rings (SSSR count). The van der Waals surface area contributed by atoms with E-state index in [1.165, 1.54) is 12.8 Å². The fraction of sp³-hybridized carbons (Fsp3) is 0.571. The minimum absolute atomic E-state index is 0.226. The van der Waals surface area contributed by atoms with Gasteiger partial charge in [0.1, 0.15) is 16.9 Å². The van der Waals surface area contributed by atoms with Crippen molar-refractivity contribution in [3.05, 3.63) is 16.7 Å². The van der Waals surface area contributed by atoms with E-state index in [0.717, 1.165) is 33.8 Å². The normalized spacial score (nSPS) is 18.0. The molecule has 1 aliphatic heterocycles. The molecule has 1 aromatic rings. The number of phenols is 1. The van der Waals surface area contributed by atoms with Crippen LogP contribution in [0, 0.1) is 20.8 Å². The number of aromatic hydroxyl groups is 1. The smallest absolute Gasteiger partial charge is 0.149 e. The Kier molecular flexibility index (Phi) is 3.57. The number of benzene rings is 1. The molecule has 0 radical (unpaired) electrons. The molecule has 0 aliphatic carbocycles. The van der Waals surface area contributed by atoms with Crippen LogP contribution in [0.2, 0.25) is 0 Å². The Labute approximate surface area is 107 Å². The van der Waals surface area contributed by atoms with E-state index >= 15 is 0 Å². The third-order valence-electron chi connectivity index (χ3n) is 3.45. The SMILES string of the molecule is CCCC[C@H]1Oc2c(C)c(C)c(O)c(C)c2S1. The zero-order valence-electron chi connectivity index (χ0n) is 11.0. The highest BCUT2D eigenvalue weighted by Crippen LogP contribution is 2.50. The van der Waals surface area contributed by atoms with E-state index in [4.69, 9.17) is 4.74 Å². The maximum atomic E-state index is 10.0. The van der Waals surface area contributed by atoms with Crippen molar-refractivity contribution in [2.24, 2.45) is 0 Å². The van der Waals surface area contributed by atoms with E-state index in [1.807, 2.05) is 20.8 Å². The summed E-state index contributed by atoms with van der Waals surface area (Å²) in [6.45, 7) is 8.14. The third-order valence-corrected chi connectivity index (χ3v) is 4.77. The zero-order valence-corrected chi connectivity index (χ0v) is 11.8. The molecule has 1 atom stereocenters. The number of ether oxygens (including phenoxy) is 1. The van der Waals surface area contributed by atoms with Gasteiger partial charge >= 0.3 is 0 Å². The summed E-state index contributed by atoms with van der Waals surface area (Å²) in [4.78, 5) is 1.13. The van der Waals surface area contributed by atoms with Crippen LogP contribution in [0.1, 0.15) is 42.9 Å². The fourth-order valence-corrected chi connectivity index (χ4v) is 3.41. The molecule has 1 heterocycles. The molecule has 1 aliphatic rings. The first-order chi connectivity index (χ1) is 8.06. The van der Waals surface area contributed by atoms with Gasteiger partial charge in [0.25, 0.3) is 0 Å². The topological polar surface area (TPSA) is 29.5 Å². The molecule has 1 aromatic carbocycles. The lowest BCUT2D eigenvalue weighted by molar-refractivity contribution is 0.277. The van der Waals surface area contributed by atoms with Crippen molar-refractivity contribution in [3.63, 3.8) is 0 Å². The molecule has 0 amide bonds. The number of fused-ring (bicyclic) bond motifs is 1. The highest BCUT2D eigenvalue weighted by molar-refractivity contribution is 8.00. The minimum atomic E-state index is 0.226. The van der Waals surface area contributed by atoms with E-state index in [2.05, 4.69) is 6.92 Å². The van der Waals surface area contributed by atoms with Crippen molar-refractivity contribution in [2.75, 3.05) is 0 Å². The Morgan fingerprint density at radius 3 is 2.53 bits per heavy atom. The Balaban J connectivity index is 2.32. The molecular formula is C14H20O2S. The molecule has 3 heteroatoms. The van der Waals surface area contributed by atoms with Gasteiger partial charge in [-0.05, 0) is 44.7 Å². The van der Waals surface area contributed by atoms with Crippen LogP contribution in [0.15, 0.2) is 4.90 Å². The predicted octanol–water partition coefficient (Wildman–Crippen LogP) is 4.32. The van der Waals surface area contributed by atoms with Gasteiger partial charge in [0.15, 0.2) is 0 Å². The number of unbranched alkanes of at least 4 members (excludes halogenated alkanes) is 1. The molecule has 94 valence electrons. The van der Waals surface area contributed by atoms with Crippen LogP contribution in [0.4, 0.5) is 0 Å². The van der Waals surface area contributed by atoms with Crippen LogP contribution >= 0.6 is 11.8 Å². The second-order valence-corrected chi connectivity index (χ2v) is 5.86. The summed E-state index contributed by atoms with van der Waals surface area (Å²) in [7, 11) is 0. The van der Waals surface area contributed by atoms with Crippen LogP contribution in [0.5, 0.6) is 11.5 Å². The van der Waals surface area contributed by atoms with E-state index in [9.17, 15) is 5.11 Å². The Hall–Kier alpha value is -0.830. The van der Waals surface area contributed by atoms with E-state index in [1.54, 1.807) is 11.8 Å². The summed E-state index contributed by atoms with van der Waals surface area (Å²) in [5.74, 6) is 1.41. The Morgan fingerprint density at radius 2 is 1.88 bits per heavy atom. The van der Waals surface area contributed by atoms with Crippen molar-refractivity contribution >= 4 is 11.8 Å². The zero-order chi connectivity index (χ0) is 12.6. The maximum absolute atomic E-state index is 10.0. The molecule has 0 spiro atoms. The first-order valence-electron chi connectivity index (χ1n) is 6.22. The van der Waals surface area contributed by atoms with Gasteiger partial charge < -0.3 is 9.84 Å². The molecule has 2 nitrogen and oxygen atoms in total. The molecule has 1 N–H and O–H groups in total. The largest absolute Gasteiger partial charge is 0.507 e. The molecule has 0 bridgehead atoms. The van der Waals surface area contributed by atoms with E-state index < -0.39 is 0 Å². The molecule has 0 aromatic heterocycles. The Bertz CT molecular complexity index is 404. The highest BCUT2D eigenvalue weighted by atomic mass is 32.2. The van der Waals surface area contributed by atoms with Crippen molar-refractivity contribution in [1.82, 2.24) is 0 Å². The van der Waals surface area contributed by atoms with Crippen LogP contribution in [0.25, 0.3) is 0 Å². The van der Waals surface area contributed by atoms with E-state index in [-0.39, 0.29) is 5.44 Å². The maximum Gasteiger partial charge on any atom is 0.149 e. The van der Waals surface area contributed by atoms with Gasteiger partial charge in [0.05, 0.1) is 4.90 Å². The molecule has 0 fully saturated rings. The fourth-order valence-electron chi connectivity index (χ4n) is 2.14. The summed E-state index contributed by atoms with van der Waals surface area (Å²) in [6, 6.07) is 0. The first kappa shape index (κ1) is 12.6. The summed E-state index contributed by atoms with van der Waals surface area (Å²) < 4.78 is 6.01. The lowest BCUT2D eigenvalue weighted by atomic mass is 10.0. The summed E-state index contributed by atoms with van der Waals surface area (Å²) in [5, 5.41) is 10.0. The molecule has 0 saturated carbocycles. The van der Waals surface area contributed by atoms with Gasteiger partial charge in [-0.25, -0.2) is 0 Å². The molecule has 0 saturated heterocycles. The first-order valence-corrected chi connectivity index (χ1v) is 7.10. The molecule has 0 unspecified atom stereocenters. The van der Waals surface area contributed by atoms with Gasteiger partial charge in [-0.1, -0.05) is 25.1 Å². The second-order valence-electron chi connectivity index (χ2n) is 4.69. The summed E-state index contributed by atoms with van der Waals surface area (Å²) >= 11 is 1.76. The standard InChI is InChI=1S/C14H20O2S/c1-5-6-7-11-16-13-9(3)8(2)12(15)10(4)14(13)17-11/h11,15H,5-7H2,1-4H3/t11-/m0/s1. The number of phenolic OH excluding ortho intramolecular Hbond substituents is 1. The van der Waals surface area contributed by atoms with Crippen molar-refractivity contribution < 1.29 is 9.84 Å². The average molecular weight is 252 g/mol.